The minimum Gasteiger partial charge on any atom is -0.355 e. The van der Waals surface area contributed by atoms with Crippen molar-refractivity contribution in [2.75, 3.05) is 7.05 Å². The van der Waals surface area contributed by atoms with Gasteiger partial charge in [0.15, 0.2) is 0 Å². The van der Waals surface area contributed by atoms with Crippen LogP contribution in [0.15, 0.2) is 53.5 Å². The highest BCUT2D eigenvalue weighted by molar-refractivity contribution is 5.31. The second-order valence-corrected chi connectivity index (χ2v) is 4.77. The summed E-state index contributed by atoms with van der Waals surface area (Å²) in [5.41, 5.74) is 2.49. The minimum atomic E-state index is 0.0846. The van der Waals surface area contributed by atoms with Gasteiger partial charge in [-0.2, -0.15) is 0 Å². The van der Waals surface area contributed by atoms with Crippen LogP contribution in [0.2, 0.25) is 0 Å². The first-order valence-corrected chi connectivity index (χ1v) is 6.17. The second kappa shape index (κ2) is 4.30. The zero-order valence-corrected chi connectivity index (χ0v) is 10.7. The molecule has 0 spiro atoms. The largest absolute Gasteiger partial charge is 0.355 e. The van der Waals surface area contributed by atoms with Crippen LogP contribution in [-0.2, 0) is 0 Å². The first-order chi connectivity index (χ1) is 8.74. The Morgan fingerprint density at radius 2 is 1.83 bits per heavy atom. The van der Waals surface area contributed by atoms with Crippen LogP contribution in [0.1, 0.15) is 17.3 Å². The SMILES string of the molecule is Cc1ccc2c(c1)=CN(C)C(c1ccccc1)N=2. The molecule has 2 aromatic carbocycles. The maximum Gasteiger partial charge on any atom is 0.147 e. The van der Waals surface area contributed by atoms with E-state index in [1.807, 2.05) is 6.07 Å². The van der Waals surface area contributed by atoms with Gasteiger partial charge in [0.25, 0.3) is 0 Å². The zero-order valence-electron chi connectivity index (χ0n) is 10.7. The molecule has 0 bridgehead atoms. The van der Waals surface area contributed by atoms with Gasteiger partial charge in [-0.05, 0) is 24.6 Å². The van der Waals surface area contributed by atoms with E-state index in [0.29, 0.717) is 0 Å². The van der Waals surface area contributed by atoms with Gasteiger partial charge in [0, 0.05) is 18.5 Å². The summed E-state index contributed by atoms with van der Waals surface area (Å²) in [4.78, 5) is 7.00. The van der Waals surface area contributed by atoms with E-state index < -0.39 is 0 Å². The normalized spacial score (nSPS) is 17.7. The smallest absolute Gasteiger partial charge is 0.147 e. The van der Waals surface area contributed by atoms with E-state index in [-0.39, 0.29) is 6.17 Å². The molecule has 0 radical (unpaired) electrons. The van der Waals surface area contributed by atoms with Gasteiger partial charge in [-0.3, -0.25) is 4.99 Å². The van der Waals surface area contributed by atoms with E-state index >= 15 is 0 Å². The first-order valence-electron chi connectivity index (χ1n) is 6.17. The molecule has 1 aliphatic heterocycles. The highest BCUT2D eigenvalue weighted by Gasteiger charge is 2.15. The van der Waals surface area contributed by atoms with Crippen molar-refractivity contribution >= 4 is 6.20 Å². The summed E-state index contributed by atoms with van der Waals surface area (Å²) in [6, 6.07) is 16.8. The van der Waals surface area contributed by atoms with Crippen LogP contribution in [0.25, 0.3) is 6.20 Å². The molecule has 2 aromatic rings. The quantitative estimate of drug-likeness (QED) is 0.739. The maximum absolute atomic E-state index is 4.83. The fourth-order valence-corrected chi connectivity index (χ4v) is 2.34. The third-order valence-electron chi connectivity index (χ3n) is 3.27. The molecule has 1 aliphatic rings. The molecule has 0 amide bonds. The first kappa shape index (κ1) is 11.0. The molecular weight excluding hydrogens is 220 g/mol. The van der Waals surface area contributed by atoms with Crippen LogP contribution in [0.4, 0.5) is 0 Å². The van der Waals surface area contributed by atoms with Crippen LogP contribution in [0.3, 0.4) is 0 Å². The van der Waals surface area contributed by atoms with Gasteiger partial charge in [0.2, 0.25) is 0 Å². The predicted molar refractivity (Wildman–Crippen MR) is 73.4 cm³/mol. The molecule has 18 heavy (non-hydrogen) atoms. The summed E-state index contributed by atoms with van der Waals surface area (Å²) >= 11 is 0. The highest BCUT2D eigenvalue weighted by atomic mass is 15.2. The van der Waals surface area contributed by atoms with Gasteiger partial charge in [-0.1, -0.05) is 42.0 Å². The lowest BCUT2D eigenvalue weighted by Crippen LogP contribution is -2.36. The Morgan fingerprint density at radius 1 is 1.06 bits per heavy atom. The van der Waals surface area contributed by atoms with Crippen LogP contribution < -0.4 is 10.6 Å². The van der Waals surface area contributed by atoms with Crippen LogP contribution in [0.5, 0.6) is 0 Å². The Bertz CT molecular complexity index is 674. The van der Waals surface area contributed by atoms with Crippen LogP contribution >= 0.6 is 0 Å². The number of fused-ring (bicyclic) bond motifs is 1. The van der Waals surface area contributed by atoms with Crippen molar-refractivity contribution in [1.29, 1.82) is 0 Å². The molecule has 90 valence electrons. The lowest BCUT2D eigenvalue weighted by molar-refractivity contribution is 0.365. The minimum absolute atomic E-state index is 0.0846. The highest BCUT2D eigenvalue weighted by Crippen LogP contribution is 2.21. The third kappa shape index (κ3) is 1.90. The van der Waals surface area contributed by atoms with Gasteiger partial charge in [0.1, 0.15) is 6.17 Å². The molecule has 2 nitrogen and oxygen atoms in total. The lowest BCUT2D eigenvalue weighted by Gasteiger charge is -2.26. The van der Waals surface area contributed by atoms with Crippen LogP contribution in [0, 0.1) is 6.92 Å². The van der Waals surface area contributed by atoms with Gasteiger partial charge >= 0.3 is 0 Å². The molecule has 3 rings (SSSR count). The van der Waals surface area contributed by atoms with Crippen molar-refractivity contribution in [1.82, 2.24) is 4.90 Å². The fraction of sp³-hybridized carbons (Fsp3) is 0.188. The molecule has 0 saturated carbocycles. The number of hydrogen-bond donors (Lipinski definition) is 0. The summed E-state index contributed by atoms with van der Waals surface area (Å²) < 4.78 is 0. The Morgan fingerprint density at radius 3 is 2.61 bits per heavy atom. The Kier molecular flexibility index (Phi) is 2.63. The van der Waals surface area contributed by atoms with Gasteiger partial charge in [-0.25, -0.2) is 0 Å². The molecule has 0 saturated heterocycles. The van der Waals surface area contributed by atoms with Crippen molar-refractivity contribution in [3.63, 3.8) is 0 Å². The van der Waals surface area contributed by atoms with Crippen molar-refractivity contribution in [3.8, 4) is 0 Å². The number of hydrogen-bond acceptors (Lipinski definition) is 2. The van der Waals surface area contributed by atoms with Gasteiger partial charge in [0.05, 0.1) is 5.36 Å². The topological polar surface area (TPSA) is 15.6 Å². The summed E-state index contributed by atoms with van der Waals surface area (Å²) in [5, 5.41) is 2.28. The van der Waals surface area contributed by atoms with E-state index in [4.69, 9.17) is 4.99 Å². The van der Waals surface area contributed by atoms with Crippen molar-refractivity contribution in [3.05, 3.63) is 70.2 Å². The zero-order chi connectivity index (χ0) is 12.5. The standard InChI is InChI=1S/C16H16N2/c1-12-8-9-15-14(10-12)11-18(2)16(17-15)13-6-4-3-5-7-13/h3-11,16H,1-2H3. The van der Waals surface area contributed by atoms with Crippen molar-refractivity contribution in [2.24, 2.45) is 4.99 Å². The molecular formula is C16H16N2. The van der Waals surface area contributed by atoms with E-state index in [9.17, 15) is 0 Å². The molecule has 0 aromatic heterocycles. The van der Waals surface area contributed by atoms with Gasteiger partial charge in [-0.15, -0.1) is 0 Å². The van der Waals surface area contributed by atoms with Crippen LogP contribution in [-0.4, -0.2) is 11.9 Å². The monoisotopic (exact) mass is 236 g/mol. The summed E-state index contributed by atoms with van der Waals surface area (Å²) in [6.45, 7) is 2.11. The molecule has 2 heteroatoms. The Labute approximate surface area is 107 Å². The van der Waals surface area contributed by atoms with Crippen molar-refractivity contribution in [2.45, 2.75) is 13.1 Å². The molecule has 1 unspecified atom stereocenters. The summed E-state index contributed by atoms with van der Waals surface area (Å²) in [5.74, 6) is 0. The van der Waals surface area contributed by atoms with E-state index in [0.717, 1.165) is 5.36 Å². The average molecular weight is 236 g/mol. The number of rotatable bonds is 1. The van der Waals surface area contributed by atoms with E-state index in [1.165, 1.54) is 16.3 Å². The fourth-order valence-electron chi connectivity index (χ4n) is 2.34. The third-order valence-corrected chi connectivity index (χ3v) is 3.27. The second-order valence-electron chi connectivity index (χ2n) is 4.77. The lowest BCUT2D eigenvalue weighted by atomic mass is 10.1. The summed E-state index contributed by atoms with van der Waals surface area (Å²) in [7, 11) is 2.08. The average Bonchev–Trinajstić information content (AvgIpc) is 2.39. The summed E-state index contributed by atoms with van der Waals surface area (Å²) in [6.07, 6.45) is 2.26. The van der Waals surface area contributed by atoms with Gasteiger partial charge < -0.3 is 4.90 Å². The number of aryl methyl sites for hydroxylation is 1. The molecule has 0 N–H and O–H groups in total. The molecule has 1 atom stereocenters. The molecule has 0 aliphatic carbocycles. The van der Waals surface area contributed by atoms with E-state index in [1.54, 1.807) is 0 Å². The Balaban J connectivity index is 2.14. The number of nitrogens with zero attached hydrogens (tertiary/aromatic N) is 2. The maximum atomic E-state index is 4.83. The predicted octanol–water partition coefficient (Wildman–Crippen LogP) is 2.00. The molecule has 0 fully saturated rings. The number of benzene rings is 2. The van der Waals surface area contributed by atoms with E-state index in [2.05, 4.69) is 67.5 Å². The van der Waals surface area contributed by atoms with Crippen molar-refractivity contribution < 1.29 is 0 Å². The molecule has 1 heterocycles. The Hall–Kier alpha value is -2.09.